The molecule has 6 nitrogen and oxygen atoms in total. The van der Waals surface area contributed by atoms with Gasteiger partial charge in [-0.05, 0) is 38.0 Å². The highest BCUT2D eigenvalue weighted by molar-refractivity contribution is 5.95. The number of nitrogens with zero attached hydrogens (tertiary/aromatic N) is 1. The zero-order valence-electron chi connectivity index (χ0n) is 12.4. The zero-order valence-corrected chi connectivity index (χ0v) is 12.4. The van der Waals surface area contributed by atoms with Gasteiger partial charge in [-0.2, -0.15) is 0 Å². The molecule has 0 aliphatic carbocycles. The molecule has 6 heteroatoms. The average molecular weight is 302 g/mol. The number of amides is 2. The molecule has 2 amide bonds. The van der Waals surface area contributed by atoms with Crippen molar-refractivity contribution in [3.8, 4) is 0 Å². The number of carbonyl (C=O) groups is 2. The molecule has 0 spiro atoms. The van der Waals surface area contributed by atoms with Crippen molar-refractivity contribution in [2.45, 2.75) is 25.8 Å². The van der Waals surface area contributed by atoms with E-state index >= 15 is 0 Å². The lowest BCUT2D eigenvalue weighted by molar-refractivity contribution is 0.0667. The summed E-state index contributed by atoms with van der Waals surface area (Å²) in [5.41, 5.74) is 0.564. The van der Waals surface area contributed by atoms with E-state index in [0.29, 0.717) is 30.2 Å². The maximum atomic E-state index is 12.2. The SMILES string of the molecule is Cc1occc1C(=O)NC1CCN(C(=O)c2ccco2)CC1. The smallest absolute Gasteiger partial charge is 0.289 e. The Labute approximate surface area is 128 Å². The minimum atomic E-state index is -0.123. The highest BCUT2D eigenvalue weighted by Gasteiger charge is 2.26. The molecule has 0 aromatic carbocycles. The molecule has 1 fully saturated rings. The van der Waals surface area contributed by atoms with E-state index in [1.807, 2.05) is 0 Å². The first-order chi connectivity index (χ1) is 10.6. The third kappa shape index (κ3) is 2.90. The van der Waals surface area contributed by atoms with E-state index in [1.54, 1.807) is 30.0 Å². The molecule has 1 aliphatic heterocycles. The number of likely N-dealkylation sites (tertiary alicyclic amines) is 1. The molecule has 2 aromatic rings. The summed E-state index contributed by atoms with van der Waals surface area (Å²) in [5.74, 6) is 0.752. The van der Waals surface area contributed by atoms with Crippen LogP contribution in [-0.2, 0) is 0 Å². The molecule has 1 N–H and O–H groups in total. The van der Waals surface area contributed by atoms with Crippen LogP contribution in [0.5, 0.6) is 0 Å². The number of piperidine rings is 1. The van der Waals surface area contributed by atoms with Gasteiger partial charge in [0.25, 0.3) is 11.8 Å². The molecular weight excluding hydrogens is 284 g/mol. The lowest BCUT2D eigenvalue weighted by atomic mass is 10.0. The number of furan rings is 2. The minimum absolute atomic E-state index is 0.0717. The maximum absolute atomic E-state index is 12.2. The Morgan fingerprint density at radius 3 is 2.55 bits per heavy atom. The molecule has 0 bridgehead atoms. The highest BCUT2D eigenvalue weighted by Crippen LogP contribution is 2.16. The molecule has 0 atom stereocenters. The number of rotatable bonds is 3. The molecule has 0 saturated carbocycles. The van der Waals surface area contributed by atoms with Crippen LogP contribution in [-0.4, -0.2) is 35.8 Å². The van der Waals surface area contributed by atoms with Crippen LogP contribution in [0.3, 0.4) is 0 Å². The molecule has 3 rings (SSSR count). The minimum Gasteiger partial charge on any atom is -0.469 e. The number of hydrogen-bond acceptors (Lipinski definition) is 4. The second-order valence-corrected chi connectivity index (χ2v) is 5.41. The molecule has 1 saturated heterocycles. The third-order valence-electron chi connectivity index (χ3n) is 3.95. The van der Waals surface area contributed by atoms with Gasteiger partial charge in [0.05, 0.1) is 18.1 Å². The van der Waals surface area contributed by atoms with Crippen molar-refractivity contribution in [2.24, 2.45) is 0 Å². The van der Waals surface area contributed by atoms with Crippen molar-refractivity contribution < 1.29 is 18.4 Å². The average Bonchev–Trinajstić information content (AvgIpc) is 3.18. The quantitative estimate of drug-likeness (QED) is 0.943. The molecule has 3 heterocycles. The van der Waals surface area contributed by atoms with Crippen LogP contribution < -0.4 is 5.32 Å². The number of hydrogen-bond donors (Lipinski definition) is 1. The van der Waals surface area contributed by atoms with Crippen LogP contribution in [0.15, 0.2) is 39.6 Å². The fourth-order valence-electron chi connectivity index (χ4n) is 2.67. The number of nitrogens with one attached hydrogen (secondary N) is 1. The molecule has 1 aliphatic rings. The van der Waals surface area contributed by atoms with E-state index in [0.717, 1.165) is 12.8 Å². The Morgan fingerprint density at radius 1 is 1.18 bits per heavy atom. The monoisotopic (exact) mass is 302 g/mol. The van der Waals surface area contributed by atoms with Crippen molar-refractivity contribution in [3.05, 3.63) is 47.8 Å². The summed E-state index contributed by atoms with van der Waals surface area (Å²) in [5, 5.41) is 3.00. The van der Waals surface area contributed by atoms with Crippen LogP contribution in [0.1, 0.15) is 39.5 Å². The van der Waals surface area contributed by atoms with Crippen LogP contribution >= 0.6 is 0 Å². The first kappa shape index (κ1) is 14.4. The Morgan fingerprint density at radius 2 is 1.95 bits per heavy atom. The zero-order chi connectivity index (χ0) is 15.5. The van der Waals surface area contributed by atoms with Gasteiger partial charge in [0.2, 0.25) is 0 Å². The van der Waals surface area contributed by atoms with Gasteiger partial charge >= 0.3 is 0 Å². The topological polar surface area (TPSA) is 75.7 Å². The summed E-state index contributed by atoms with van der Waals surface area (Å²) in [4.78, 5) is 26.0. The molecule has 0 radical (unpaired) electrons. The molecule has 116 valence electrons. The number of carbonyl (C=O) groups excluding carboxylic acids is 2. The molecule has 2 aromatic heterocycles. The highest BCUT2D eigenvalue weighted by atomic mass is 16.3. The van der Waals surface area contributed by atoms with E-state index in [1.165, 1.54) is 12.5 Å². The van der Waals surface area contributed by atoms with Gasteiger partial charge in [-0.15, -0.1) is 0 Å². The van der Waals surface area contributed by atoms with Gasteiger partial charge < -0.3 is 19.1 Å². The summed E-state index contributed by atoms with van der Waals surface area (Å²) in [6, 6.07) is 5.11. The molecule has 0 unspecified atom stereocenters. The largest absolute Gasteiger partial charge is 0.469 e. The van der Waals surface area contributed by atoms with E-state index in [4.69, 9.17) is 8.83 Å². The first-order valence-electron chi connectivity index (χ1n) is 7.33. The van der Waals surface area contributed by atoms with Crippen molar-refractivity contribution in [2.75, 3.05) is 13.1 Å². The van der Waals surface area contributed by atoms with Gasteiger partial charge in [-0.1, -0.05) is 0 Å². The second kappa shape index (κ2) is 6.09. The Hall–Kier alpha value is -2.50. The fourth-order valence-corrected chi connectivity index (χ4v) is 2.67. The first-order valence-corrected chi connectivity index (χ1v) is 7.33. The number of aryl methyl sites for hydroxylation is 1. The fraction of sp³-hybridized carbons (Fsp3) is 0.375. The van der Waals surface area contributed by atoms with Gasteiger partial charge in [-0.3, -0.25) is 9.59 Å². The summed E-state index contributed by atoms with van der Waals surface area (Å²) >= 11 is 0. The van der Waals surface area contributed by atoms with Crippen LogP contribution in [0, 0.1) is 6.92 Å². The summed E-state index contributed by atoms with van der Waals surface area (Å²) in [6.07, 6.45) is 4.46. The Balaban J connectivity index is 1.53. The lowest BCUT2D eigenvalue weighted by Gasteiger charge is -2.31. The van der Waals surface area contributed by atoms with E-state index in [-0.39, 0.29) is 17.9 Å². The van der Waals surface area contributed by atoms with E-state index < -0.39 is 0 Å². The summed E-state index contributed by atoms with van der Waals surface area (Å²) < 4.78 is 10.3. The van der Waals surface area contributed by atoms with Crippen LogP contribution in [0.25, 0.3) is 0 Å². The summed E-state index contributed by atoms with van der Waals surface area (Å²) in [6.45, 7) is 2.98. The Kier molecular flexibility index (Phi) is 4.00. The third-order valence-corrected chi connectivity index (χ3v) is 3.95. The standard InChI is InChI=1S/C16H18N2O4/c1-11-13(6-10-21-11)15(19)17-12-4-7-18(8-5-12)16(20)14-3-2-9-22-14/h2-3,6,9-10,12H,4-5,7-8H2,1H3,(H,17,19). The van der Waals surface area contributed by atoms with Crippen LogP contribution in [0.4, 0.5) is 0 Å². The van der Waals surface area contributed by atoms with Crippen molar-refractivity contribution in [3.63, 3.8) is 0 Å². The van der Waals surface area contributed by atoms with Gasteiger partial charge in [0, 0.05) is 19.1 Å². The maximum Gasteiger partial charge on any atom is 0.289 e. The molecular formula is C16H18N2O4. The molecule has 22 heavy (non-hydrogen) atoms. The van der Waals surface area contributed by atoms with Crippen molar-refractivity contribution in [1.82, 2.24) is 10.2 Å². The lowest BCUT2D eigenvalue weighted by Crippen LogP contribution is -2.46. The van der Waals surface area contributed by atoms with Crippen molar-refractivity contribution in [1.29, 1.82) is 0 Å². The van der Waals surface area contributed by atoms with Crippen LogP contribution in [0.2, 0.25) is 0 Å². The Bertz CT molecular complexity index is 652. The second-order valence-electron chi connectivity index (χ2n) is 5.41. The van der Waals surface area contributed by atoms with Crippen molar-refractivity contribution >= 4 is 11.8 Å². The predicted octanol–water partition coefficient (Wildman–Crippen LogP) is 2.22. The van der Waals surface area contributed by atoms with Gasteiger partial charge in [0.1, 0.15) is 5.76 Å². The summed E-state index contributed by atoms with van der Waals surface area (Å²) in [7, 11) is 0. The van der Waals surface area contributed by atoms with E-state index in [2.05, 4.69) is 5.32 Å². The van der Waals surface area contributed by atoms with E-state index in [9.17, 15) is 9.59 Å². The normalized spacial score (nSPS) is 15.8. The van der Waals surface area contributed by atoms with Gasteiger partial charge in [0.15, 0.2) is 5.76 Å². The van der Waals surface area contributed by atoms with Gasteiger partial charge in [-0.25, -0.2) is 0 Å². The predicted molar refractivity (Wildman–Crippen MR) is 78.5 cm³/mol.